The Morgan fingerprint density at radius 3 is 2.62 bits per heavy atom. The van der Waals surface area contributed by atoms with Gasteiger partial charge in [-0.25, -0.2) is 9.90 Å². The lowest BCUT2D eigenvalue weighted by molar-refractivity contribution is 0.168. The molecule has 3 nitrogen and oxygen atoms in total. The second kappa shape index (κ2) is 4.71. The first-order chi connectivity index (χ1) is 3.77. The number of amides is 1. The molecule has 0 aliphatic carbocycles. The van der Waals surface area contributed by atoms with Crippen molar-refractivity contribution in [2.45, 2.75) is 6.42 Å². The van der Waals surface area contributed by atoms with Gasteiger partial charge in [0, 0.05) is 12.4 Å². The van der Waals surface area contributed by atoms with Gasteiger partial charge in [-0.15, -0.1) is 11.6 Å². The van der Waals surface area contributed by atoms with Crippen LogP contribution in [0.1, 0.15) is 6.42 Å². The van der Waals surface area contributed by atoms with Crippen LogP contribution in [0.2, 0.25) is 0 Å². The van der Waals surface area contributed by atoms with E-state index >= 15 is 0 Å². The van der Waals surface area contributed by atoms with Crippen molar-refractivity contribution in [3.05, 3.63) is 0 Å². The topological polar surface area (TPSA) is 49.0 Å². The largest absolute Gasteiger partial charge is 0.450 e. The van der Waals surface area contributed by atoms with Crippen LogP contribution in [0, 0.1) is 0 Å². The van der Waals surface area contributed by atoms with Gasteiger partial charge in [0.05, 0.1) is 0 Å². The maximum Gasteiger partial charge on any atom is 0.450 e. The van der Waals surface area contributed by atoms with Gasteiger partial charge in [0.15, 0.2) is 0 Å². The van der Waals surface area contributed by atoms with Gasteiger partial charge in [-0.1, -0.05) is 0 Å². The summed E-state index contributed by atoms with van der Waals surface area (Å²) in [5, 5.41) is 11.7. The third kappa shape index (κ3) is 5.56. The molecule has 0 aromatic carbocycles. The maximum absolute atomic E-state index is 9.61. The van der Waals surface area contributed by atoms with E-state index in [9.17, 15) is 9.90 Å². The highest BCUT2D eigenvalue weighted by atomic mass is 35.5. The Morgan fingerprint density at radius 1 is 1.62 bits per heavy atom. The Bertz CT molecular complexity index is 76.4. The van der Waals surface area contributed by atoms with E-state index in [4.69, 9.17) is 11.6 Å². The van der Waals surface area contributed by atoms with Gasteiger partial charge in [-0.05, 0) is 6.42 Å². The zero-order valence-electron chi connectivity index (χ0n) is 4.32. The molecule has 0 aliphatic rings. The molecular weight excluding hydrogens is 130 g/mol. The van der Waals surface area contributed by atoms with Gasteiger partial charge in [0.1, 0.15) is 0 Å². The summed E-state index contributed by atoms with van der Waals surface area (Å²) in [6, 6.07) is 0. The molecule has 0 saturated carbocycles. The minimum atomic E-state index is -1.24. The van der Waals surface area contributed by atoms with Crippen LogP contribution in [-0.4, -0.2) is 18.5 Å². The number of halogens is 1. The van der Waals surface area contributed by atoms with Crippen LogP contribution in [0.15, 0.2) is 0 Å². The fraction of sp³-hybridized carbons (Fsp3) is 0.750. The average Bonchev–Trinajstić information content (AvgIpc) is 1.66. The van der Waals surface area contributed by atoms with Gasteiger partial charge in [-0.3, -0.25) is 0 Å². The van der Waals surface area contributed by atoms with Gasteiger partial charge in [0.2, 0.25) is 0 Å². The molecule has 0 saturated heterocycles. The lowest BCUT2D eigenvalue weighted by Gasteiger charge is -1.92. The van der Waals surface area contributed by atoms with E-state index < -0.39 is 6.09 Å². The van der Waals surface area contributed by atoms with Crippen LogP contribution in [0.3, 0.4) is 0 Å². The van der Waals surface area contributed by atoms with Crippen LogP contribution in [-0.2, 0) is 5.11 Å². The zero-order valence-corrected chi connectivity index (χ0v) is 5.07. The van der Waals surface area contributed by atoms with Gasteiger partial charge in [0.25, 0.3) is 0 Å². The van der Waals surface area contributed by atoms with E-state index in [0.29, 0.717) is 18.8 Å². The van der Waals surface area contributed by atoms with Crippen molar-refractivity contribution in [2.24, 2.45) is 0 Å². The Balaban J connectivity index is 2.82. The standard InChI is InChI=1S/C4H7ClNO2/c5-2-1-3-6-4(7)8/h6H,1-3H2. The van der Waals surface area contributed by atoms with Crippen LogP contribution in [0.5, 0.6) is 0 Å². The average molecular weight is 137 g/mol. The number of carbonyl (C=O) groups is 1. The molecule has 0 unspecified atom stereocenters. The fourth-order valence-electron chi connectivity index (χ4n) is 0.257. The second-order valence-corrected chi connectivity index (χ2v) is 1.63. The van der Waals surface area contributed by atoms with E-state index in [1.807, 2.05) is 0 Å². The Labute approximate surface area is 52.6 Å². The molecule has 1 N–H and O–H groups in total. The van der Waals surface area contributed by atoms with Crippen molar-refractivity contribution in [3.8, 4) is 0 Å². The fourth-order valence-corrected chi connectivity index (χ4v) is 0.391. The van der Waals surface area contributed by atoms with E-state index in [1.165, 1.54) is 0 Å². The molecule has 4 heteroatoms. The molecule has 0 aromatic heterocycles. The Hall–Kier alpha value is -0.440. The van der Waals surface area contributed by atoms with Gasteiger partial charge < -0.3 is 5.32 Å². The maximum atomic E-state index is 9.61. The van der Waals surface area contributed by atoms with E-state index in [2.05, 4.69) is 5.32 Å². The number of nitrogens with one attached hydrogen (secondary N) is 1. The molecule has 0 atom stereocenters. The molecule has 0 bridgehead atoms. The highest BCUT2D eigenvalue weighted by Crippen LogP contribution is 1.79. The van der Waals surface area contributed by atoms with Crippen molar-refractivity contribution in [1.82, 2.24) is 5.32 Å². The Morgan fingerprint density at radius 2 is 2.25 bits per heavy atom. The summed E-state index contributed by atoms with van der Waals surface area (Å²) in [4.78, 5) is 9.61. The summed E-state index contributed by atoms with van der Waals surface area (Å²) >= 11 is 5.23. The molecule has 47 valence electrons. The molecule has 1 radical (unpaired) electrons. The van der Waals surface area contributed by atoms with Crippen molar-refractivity contribution >= 4 is 17.7 Å². The van der Waals surface area contributed by atoms with Crippen LogP contribution in [0.4, 0.5) is 4.79 Å². The summed E-state index contributed by atoms with van der Waals surface area (Å²) in [7, 11) is 0. The van der Waals surface area contributed by atoms with E-state index in [1.54, 1.807) is 0 Å². The minimum Gasteiger partial charge on any atom is -0.318 e. The van der Waals surface area contributed by atoms with Crippen LogP contribution < -0.4 is 5.32 Å². The smallest absolute Gasteiger partial charge is 0.318 e. The molecule has 8 heavy (non-hydrogen) atoms. The summed E-state index contributed by atoms with van der Waals surface area (Å²) in [5.41, 5.74) is 0. The minimum absolute atomic E-state index is 0.381. The SMILES string of the molecule is [O]C(=O)NCCCCl. The normalized spacial score (nSPS) is 8.62. The summed E-state index contributed by atoms with van der Waals surface area (Å²) < 4.78 is 0. The highest BCUT2D eigenvalue weighted by Gasteiger charge is 1.92. The van der Waals surface area contributed by atoms with Crippen molar-refractivity contribution < 1.29 is 9.90 Å². The van der Waals surface area contributed by atoms with Crippen molar-refractivity contribution in [3.63, 3.8) is 0 Å². The van der Waals surface area contributed by atoms with Crippen LogP contribution in [0.25, 0.3) is 0 Å². The number of alkyl halides is 1. The molecule has 0 fully saturated rings. The van der Waals surface area contributed by atoms with Gasteiger partial charge in [-0.2, -0.15) is 0 Å². The van der Waals surface area contributed by atoms with Crippen molar-refractivity contribution in [2.75, 3.05) is 12.4 Å². The van der Waals surface area contributed by atoms with Gasteiger partial charge >= 0.3 is 6.09 Å². The summed E-state index contributed by atoms with van der Waals surface area (Å²) in [5.74, 6) is 0.473. The zero-order chi connectivity index (χ0) is 6.41. The van der Waals surface area contributed by atoms with E-state index in [0.717, 1.165) is 0 Å². The first kappa shape index (κ1) is 7.56. The highest BCUT2D eigenvalue weighted by molar-refractivity contribution is 6.17. The number of rotatable bonds is 3. The first-order valence-electron chi connectivity index (χ1n) is 2.28. The third-order valence-electron chi connectivity index (χ3n) is 0.580. The number of carbonyl (C=O) groups excluding carboxylic acids is 1. The predicted octanol–water partition coefficient (Wildman–Crippen LogP) is 0.755. The third-order valence-corrected chi connectivity index (χ3v) is 0.847. The molecule has 0 rings (SSSR count). The summed E-state index contributed by atoms with van der Waals surface area (Å²) in [6.45, 7) is 0.381. The molecule has 0 spiro atoms. The molecule has 0 aromatic rings. The van der Waals surface area contributed by atoms with Crippen LogP contribution >= 0.6 is 11.6 Å². The quantitative estimate of drug-likeness (QED) is 0.452. The molecular formula is C4H7ClNO2. The number of hydrogen-bond acceptors (Lipinski definition) is 1. The Kier molecular flexibility index (Phi) is 4.45. The lowest BCUT2D eigenvalue weighted by atomic mass is 10.5. The van der Waals surface area contributed by atoms with E-state index in [-0.39, 0.29) is 0 Å². The predicted molar refractivity (Wildman–Crippen MR) is 29.4 cm³/mol. The molecule has 0 heterocycles. The number of hydrogen-bond donors (Lipinski definition) is 1. The summed E-state index contributed by atoms with van der Waals surface area (Å²) in [6.07, 6.45) is -0.592. The molecule has 1 amide bonds. The second-order valence-electron chi connectivity index (χ2n) is 1.26. The lowest BCUT2D eigenvalue weighted by Crippen LogP contribution is -2.20. The van der Waals surface area contributed by atoms with Crippen molar-refractivity contribution in [1.29, 1.82) is 0 Å². The molecule has 0 aliphatic heterocycles. The monoisotopic (exact) mass is 136 g/mol. The first-order valence-corrected chi connectivity index (χ1v) is 2.81.